The van der Waals surface area contributed by atoms with Crippen molar-refractivity contribution in [3.8, 4) is 0 Å². The van der Waals surface area contributed by atoms with Crippen molar-refractivity contribution < 1.29 is 14.3 Å². The second-order valence-corrected chi connectivity index (χ2v) is 7.83. The molecule has 3 aromatic rings. The second kappa shape index (κ2) is 9.46. The molecule has 3 rings (SSSR count). The highest BCUT2D eigenvalue weighted by atomic mass is 32.1. The molecule has 0 aliphatic carbocycles. The van der Waals surface area contributed by atoms with Gasteiger partial charge in [0.25, 0.3) is 5.91 Å². The molecule has 146 valence electrons. The lowest BCUT2D eigenvalue weighted by Gasteiger charge is -2.10. The molecule has 0 spiro atoms. The molecule has 2 aromatic carbocycles. The minimum atomic E-state index is -0.401. The Kier molecular flexibility index (Phi) is 6.76. The summed E-state index contributed by atoms with van der Waals surface area (Å²) in [5.74, 6) is -0.257. The van der Waals surface area contributed by atoms with Crippen LogP contribution in [-0.4, -0.2) is 23.5 Å². The van der Waals surface area contributed by atoms with Gasteiger partial charge in [-0.25, -0.2) is 4.98 Å². The van der Waals surface area contributed by atoms with E-state index in [1.807, 2.05) is 48.5 Å². The molecule has 1 N–H and O–H groups in total. The van der Waals surface area contributed by atoms with E-state index in [9.17, 15) is 9.59 Å². The Hall–Kier alpha value is -2.73. The van der Waals surface area contributed by atoms with Crippen molar-refractivity contribution in [2.45, 2.75) is 39.0 Å². The van der Waals surface area contributed by atoms with Crippen LogP contribution in [0.2, 0.25) is 0 Å². The molecule has 6 heteroatoms. The fraction of sp³-hybridized carbons (Fsp3) is 0.318. The highest BCUT2D eigenvalue weighted by molar-refractivity contribution is 7.18. The Bertz CT molecular complexity index is 917. The quantitative estimate of drug-likeness (QED) is 0.549. The lowest BCUT2D eigenvalue weighted by Crippen LogP contribution is -2.21. The fourth-order valence-corrected chi connectivity index (χ4v) is 3.75. The molecule has 1 aromatic heterocycles. The Balaban J connectivity index is 1.41. The summed E-state index contributed by atoms with van der Waals surface area (Å²) in [6.45, 7) is 4.03. The van der Waals surface area contributed by atoms with Gasteiger partial charge >= 0.3 is 5.97 Å². The van der Waals surface area contributed by atoms with Crippen LogP contribution in [0.5, 0.6) is 0 Å². The van der Waals surface area contributed by atoms with Crippen LogP contribution in [0.1, 0.15) is 43.2 Å². The number of rotatable bonds is 8. The third-order valence-corrected chi connectivity index (χ3v) is 5.72. The van der Waals surface area contributed by atoms with E-state index in [0.29, 0.717) is 18.0 Å². The first-order chi connectivity index (χ1) is 13.5. The number of ether oxygens (including phenoxy) is 1. The molecule has 0 aliphatic rings. The first kappa shape index (κ1) is 20.0. The molecule has 0 unspecified atom stereocenters. The van der Waals surface area contributed by atoms with Gasteiger partial charge in [-0.1, -0.05) is 38.1 Å². The molecule has 0 saturated heterocycles. The number of aryl methyl sites for hydroxylation is 1. The molecule has 0 saturated carbocycles. The molecule has 1 amide bonds. The summed E-state index contributed by atoms with van der Waals surface area (Å²) in [4.78, 5) is 28.4. The van der Waals surface area contributed by atoms with Gasteiger partial charge in [0.05, 0.1) is 21.6 Å². The first-order valence-electron chi connectivity index (χ1n) is 9.45. The number of hydrogen-bond donors (Lipinski definition) is 1. The van der Waals surface area contributed by atoms with Crippen LogP contribution in [0.25, 0.3) is 10.2 Å². The summed E-state index contributed by atoms with van der Waals surface area (Å²) in [5, 5.41) is 3.64. The second-order valence-electron chi connectivity index (χ2n) is 6.72. The number of nitrogens with zero attached hydrogens (tertiary/aromatic N) is 1. The third kappa shape index (κ3) is 5.39. The number of aromatic nitrogens is 1. The van der Waals surface area contributed by atoms with Gasteiger partial charge in [-0.05, 0) is 42.2 Å². The predicted molar refractivity (Wildman–Crippen MR) is 113 cm³/mol. The molecule has 0 fully saturated rings. The van der Waals surface area contributed by atoms with Crippen molar-refractivity contribution in [3.05, 3.63) is 59.1 Å². The van der Waals surface area contributed by atoms with Gasteiger partial charge in [-0.3, -0.25) is 9.59 Å². The summed E-state index contributed by atoms with van der Waals surface area (Å²) >= 11 is 1.57. The molecule has 1 heterocycles. The molecule has 1 atom stereocenters. The zero-order chi connectivity index (χ0) is 19.9. The summed E-state index contributed by atoms with van der Waals surface area (Å²) in [7, 11) is 0. The smallest absolute Gasteiger partial charge is 0.306 e. The number of anilines is 1. The van der Waals surface area contributed by atoms with Gasteiger partial charge in [-0.2, -0.15) is 0 Å². The van der Waals surface area contributed by atoms with E-state index < -0.39 is 5.97 Å². The maximum atomic E-state index is 12.0. The van der Waals surface area contributed by atoms with Gasteiger partial charge in [0, 0.05) is 12.1 Å². The van der Waals surface area contributed by atoms with E-state index >= 15 is 0 Å². The number of nitrogens with one attached hydrogen (secondary N) is 1. The fourth-order valence-electron chi connectivity index (χ4n) is 2.78. The lowest BCUT2D eigenvalue weighted by molar-refractivity contribution is -0.147. The van der Waals surface area contributed by atoms with Crippen LogP contribution >= 0.6 is 11.3 Å². The summed E-state index contributed by atoms with van der Waals surface area (Å²) in [6.07, 6.45) is 1.78. The van der Waals surface area contributed by atoms with E-state index in [2.05, 4.69) is 24.1 Å². The molecular formula is C22H24N2O3S. The highest BCUT2D eigenvalue weighted by Crippen LogP contribution is 2.22. The Morgan fingerprint density at radius 3 is 2.61 bits per heavy atom. The predicted octanol–water partition coefficient (Wildman–Crippen LogP) is 4.92. The molecule has 0 bridgehead atoms. The van der Waals surface area contributed by atoms with Crippen molar-refractivity contribution in [1.82, 2.24) is 4.98 Å². The number of para-hydroxylation sites is 1. The van der Waals surface area contributed by atoms with E-state index in [1.54, 1.807) is 11.3 Å². The van der Waals surface area contributed by atoms with Crippen LogP contribution in [0.15, 0.2) is 48.5 Å². The number of hydrogen-bond acceptors (Lipinski definition) is 5. The standard InChI is InChI=1S/C22H24N2O3S/c1-3-15(2)16-8-10-17(11-9-16)23-20(25)14-27-22(26)13-12-21-24-18-6-4-5-7-19(18)28-21/h4-11,15H,3,12-14H2,1-2H3,(H,23,25)/t15-/m1/s1. The van der Waals surface area contributed by atoms with E-state index in [0.717, 1.165) is 21.6 Å². The Morgan fingerprint density at radius 1 is 1.14 bits per heavy atom. The van der Waals surface area contributed by atoms with Crippen LogP contribution < -0.4 is 5.32 Å². The zero-order valence-electron chi connectivity index (χ0n) is 16.1. The van der Waals surface area contributed by atoms with Gasteiger partial charge in [0.1, 0.15) is 0 Å². The zero-order valence-corrected chi connectivity index (χ0v) is 16.9. The molecule has 0 radical (unpaired) electrons. The topological polar surface area (TPSA) is 68.3 Å². The van der Waals surface area contributed by atoms with Crippen LogP contribution in [-0.2, 0) is 20.7 Å². The number of esters is 1. The van der Waals surface area contributed by atoms with E-state index in [4.69, 9.17) is 4.74 Å². The number of thiazole rings is 1. The maximum absolute atomic E-state index is 12.0. The molecular weight excluding hydrogens is 372 g/mol. The van der Waals surface area contributed by atoms with Gasteiger partial charge in [0.2, 0.25) is 0 Å². The van der Waals surface area contributed by atoms with Gasteiger partial charge in [-0.15, -0.1) is 11.3 Å². The summed E-state index contributed by atoms with van der Waals surface area (Å²) in [5.41, 5.74) is 2.87. The largest absolute Gasteiger partial charge is 0.456 e. The monoisotopic (exact) mass is 396 g/mol. The number of fused-ring (bicyclic) bond motifs is 1. The van der Waals surface area contributed by atoms with Gasteiger partial charge in [0.15, 0.2) is 6.61 Å². The number of amides is 1. The first-order valence-corrected chi connectivity index (χ1v) is 10.3. The molecule has 28 heavy (non-hydrogen) atoms. The minimum Gasteiger partial charge on any atom is -0.456 e. The average Bonchev–Trinajstić information content (AvgIpc) is 3.13. The number of carbonyl (C=O) groups excluding carboxylic acids is 2. The van der Waals surface area contributed by atoms with Gasteiger partial charge < -0.3 is 10.1 Å². The van der Waals surface area contributed by atoms with E-state index in [-0.39, 0.29) is 18.9 Å². The van der Waals surface area contributed by atoms with Crippen LogP contribution in [0.3, 0.4) is 0 Å². The summed E-state index contributed by atoms with van der Waals surface area (Å²) < 4.78 is 6.18. The SMILES string of the molecule is CC[C@@H](C)c1ccc(NC(=O)COC(=O)CCc2nc3ccccc3s2)cc1. The number of carbonyl (C=O) groups is 2. The van der Waals surface area contributed by atoms with Crippen molar-refractivity contribution in [2.24, 2.45) is 0 Å². The lowest BCUT2D eigenvalue weighted by atomic mass is 9.99. The Labute approximate surface area is 168 Å². The molecule has 5 nitrogen and oxygen atoms in total. The van der Waals surface area contributed by atoms with Crippen LogP contribution in [0.4, 0.5) is 5.69 Å². The van der Waals surface area contributed by atoms with Crippen LogP contribution in [0, 0.1) is 0 Å². The number of benzene rings is 2. The summed E-state index contributed by atoms with van der Waals surface area (Å²) in [6, 6.07) is 15.6. The minimum absolute atomic E-state index is 0.205. The van der Waals surface area contributed by atoms with Crippen molar-refractivity contribution >= 4 is 39.1 Å². The third-order valence-electron chi connectivity index (χ3n) is 4.62. The van der Waals surface area contributed by atoms with E-state index in [1.165, 1.54) is 5.56 Å². The normalized spacial score (nSPS) is 11.9. The van der Waals surface area contributed by atoms with Crippen molar-refractivity contribution in [3.63, 3.8) is 0 Å². The average molecular weight is 397 g/mol. The molecule has 0 aliphatic heterocycles. The van der Waals surface area contributed by atoms with Crippen molar-refractivity contribution in [2.75, 3.05) is 11.9 Å². The van der Waals surface area contributed by atoms with Crippen molar-refractivity contribution in [1.29, 1.82) is 0 Å². The Morgan fingerprint density at radius 2 is 1.89 bits per heavy atom. The maximum Gasteiger partial charge on any atom is 0.306 e. The highest BCUT2D eigenvalue weighted by Gasteiger charge is 2.11.